The van der Waals surface area contributed by atoms with Gasteiger partial charge in [-0.15, -0.1) is 0 Å². The molecule has 1 aromatic rings. The van der Waals surface area contributed by atoms with Crippen LogP contribution in [-0.4, -0.2) is 35.2 Å². The molecule has 0 unspecified atom stereocenters. The number of carboxylic acid groups (broad SMARTS) is 1. The fraction of sp³-hybridized carbons (Fsp3) is 0.438. The van der Waals surface area contributed by atoms with E-state index in [2.05, 4.69) is 24.0 Å². The number of ether oxygens (including phenoxy) is 1. The van der Waals surface area contributed by atoms with Crippen LogP contribution in [0.3, 0.4) is 0 Å². The Morgan fingerprint density at radius 1 is 1.40 bits per heavy atom. The number of hydrogen-bond acceptors (Lipinski definition) is 3. The van der Waals surface area contributed by atoms with Gasteiger partial charge in [-0.3, -0.25) is 4.90 Å². The van der Waals surface area contributed by atoms with Gasteiger partial charge in [0, 0.05) is 19.1 Å². The van der Waals surface area contributed by atoms with Crippen molar-refractivity contribution >= 4 is 5.97 Å². The van der Waals surface area contributed by atoms with Crippen LogP contribution in [0.1, 0.15) is 25.3 Å². The van der Waals surface area contributed by atoms with E-state index in [1.165, 1.54) is 18.4 Å². The lowest BCUT2D eigenvalue weighted by atomic mass is 10.1. The maximum atomic E-state index is 10.4. The number of benzene rings is 1. The first-order valence-electron chi connectivity index (χ1n) is 7.03. The van der Waals surface area contributed by atoms with Gasteiger partial charge in [-0.05, 0) is 24.1 Å². The molecule has 0 radical (unpaired) electrons. The summed E-state index contributed by atoms with van der Waals surface area (Å²) in [6.07, 6.45) is 6.89. The first-order chi connectivity index (χ1) is 9.69. The van der Waals surface area contributed by atoms with Gasteiger partial charge in [0.05, 0.1) is 0 Å². The van der Waals surface area contributed by atoms with Gasteiger partial charge in [-0.25, -0.2) is 4.79 Å². The molecule has 4 heteroatoms. The zero-order valence-corrected chi connectivity index (χ0v) is 11.8. The number of nitrogens with zero attached hydrogens (tertiary/aromatic N) is 1. The minimum Gasteiger partial charge on any atom is -0.482 e. The van der Waals surface area contributed by atoms with Gasteiger partial charge in [-0.2, -0.15) is 0 Å². The monoisotopic (exact) mass is 275 g/mol. The molecule has 1 N–H and O–H groups in total. The maximum absolute atomic E-state index is 10.4. The zero-order valence-electron chi connectivity index (χ0n) is 11.8. The smallest absolute Gasteiger partial charge is 0.341 e. The summed E-state index contributed by atoms with van der Waals surface area (Å²) in [6, 6.07) is 8.20. The third-order valence-electron chi connectivity index (χ3n) is 3.42. The molecule has 0 saturated carbocycles. The largest absolute Gasteiger partial charge is 0.482 e. The molecule has 1 aliphatic rings. The van der Waals surface area contributed by atoms with Gasteiger partial charge in [0.2, 0.25) is 0 Å². The summed E-state index contributed by atoms with van der Waals surface area (Å²) >= 11 is 0. The molecule has 4 nitrogen and oxygen atoms in total. The lowest BCUT2D eigenvalue weighted by Gasteiger charge is -2.24. The molecule has 1 heterocycles. The average Bonchev–Trinajstić information content (AvgIpc) is 2.86. The summed E-state index contributed by atoms with van der Waals surface area (Å²) in [5.41, 5.74) is 1.22. The molecule has 20 heavy (non-hydrogen) atoms. The Balaban J connectivity index is 1.88. The maximum Gasteiger partial charge on any atom is 0.341 e. The minimum absolute atomic E-state index is 0.298. The summed E-state index contributed by atoms with van der Waals surface area (Å²) in [5.74, 6) is -0.361. The van der Waals surface area contributed by atoms with Gasteiger partial charge in [0.25, 0.3) is 0 Å². The van der Waals surface area contributed by atoms with E-state index in [1.54, 1.807) is 0 Å². The predicted molar refractivity (Wildman–Crippen MR) is 77.8 cm³/mol. The standard InChI is InChI=1S/C16H21NO3/c1-2-4-14-5-3-10-17(14)11-13-6-8-15(9-7-13)20-12-16(18)19/h3,5-9,14H,2,4,10-12H2,1H3,(H,18,19)/t14-/m1/s1. The average molecular weight is 275 g/mol. The number of rotatable bonds is 7. The molecule has 0 aromatic heterocycles. The van der Waals surface area contributed by atoms with Crippen molar-refractivity contribution in [3.05, 3.63) is 42.0 Å². The van der Waals surface area contributed by atoms with Crippen LogP contribution in [0, 0.1) is 0 Å². The first kappa shape index (κ1) is 14.6. The van der Waals surface area contributed by atoms with E-state index in [0.717, 1.165) is 13.1 Å². The summed E-state index contributed by atoms with van der Waals surface area (Å²) in [5, 5.41) is 8.56. The fourth-order valence-electron chi connectivity index (χ4n) is 2.44. The molecular weight excluding hydrogens is 254 g/mol. The Morgan fingerprint density at radius 2 is 2.15 bits per heavy atom. The van der Waals surface area contributed by atoms with E-state index in [9.17, 15) is 4.79 Å². The van der Waals surface area contributed by atoms with Gasteiger partial charge in [0.15, 0.2) is 6.61 Å². The number of hydrogen-bond donors (Lipinski definition) is 1. The SMILES string of the molecule is CCC[C@@H]1C=CCN1Cc1ccc(OCC(=O)O)cc1. The second-order valence-electron chi connectivity index (χ2n) is 5.04. The van der Waals surface area contributed by atoms with Crippen molar-refractivity contribution < 1.29 is 14.6 Å². The highest BCUT2D eigenvalue weighted by Crippen LogP contribution is 2.19. The minimum atomic E-state index is -0.959. The van der Waals surface area contributed by atoms with E-state index in [1.807, 2.05) is 24.3 Å². The van der Waals surface area contributed by atoms with Crippen molar-refractivity contribution in [1.82, 2.24) is 4.90 Å². The molecule has 1 aromatic carbocycles. The number of carbonyl (C=O) groups is 1. The van der Waals surface area contributed by atoms with Gasteiger partial charge in [-0.1, -0.05) is 37.6 Å². The molecule has 0 saturated heterocycles. The highest BCUT2D eigenvalue weighted by atomic mass is 16.5. The Labute approximate surface area is 119 Å². The third kappa shape index (κ3) is 4.10. The topological polar surface area (TPSA) is 49.8 Å². The van der Waals surface area contributed by atoms with Crippen LogP contribution >= 0.6 is 0 Å². The Hall–Kier alpha value is -1.81. The van der Waals surface area contributed by atoms with Gasteiger partial charge < -0.3 is 9.84 Å². The molecule has 0 spiro atoms. The van der Waals surface area contributed by atoms with Gasteiger partial charge in [0.1, 0.15) is 5.75 Å². The highest BCUT2D eigenvalue weighted by molar-refractivity contribution is 5.68. The first-order valence-corrected chi connectivity index (χ1v) is 7.03. The van der Waals surface area contributed by atoms with E-state index in [-0.39, 0.29) is 6.61 Å². The van der Waals surface area contributed by atoms with Crippen LogP contribution in [0.4, 0.5) is 0 Å². The third-order valence-corrected chi connectivity index (χ3v) is 3.42. The van der Waals surface area contributed by atoms with Crippen LogP contribution in [0.15, 0.2) is 36.4 Å². The lowest BCUT2D eigenvalue weighted by Crippen LogP contribution is -2.29. The summed E-state index contributed by atoms with van der Waals surface area (Å²) < 4.78 is 5.13. The van der Waals surface area contributed by atoms with Crippen molar-refractivity contribution in [2.24, 2.45) is 0 Å². The van der Waals surface area contributed by atoms with Crippen LogP contribution in [0.5, 0.6) is 5.75 Å². The zero-order chi connectivity index (χ0) is 14.4. The second-order valence-corrected chi connectivity index (χ2v) is 5.04. The van der Waals surface area contributed by atoms with Crippen LogP contribution in [0.2, 0.25) is 0 Å². The Kier molecular flexibility index (Phi) is 5.18. The van der Waals surface area contributed by atoms with Crippen molar-refractivity contribution in [1.29, 1.82) is 0 Å². The lowest BCUT2D eigenvalue weighted by molar-refractivity contribution is -0.139. The second kappa shape index (κ2) is 7.10. The van der Waals surface area contributed by atoms with E-state index >= 15 is 0 Å². The molecule has 108 valence electrons. The van der Waals surface area contributed by atoms with E-state index in [4.69, 9.17) is 9.84 Å². The predicted octanol–water partition coefficient (Wildman–Crippen LogP) is 2.69. The molecule has 0 bridgehead atoms. The van der Waals surface area contributed by atoms with E-state index in [0.29, 0.717) is 11.8 Å². The van der Waals surface area contributed by atoms with Crippen LogP contribution in [0.25, 0.3) is 0 Å². The fourth-order valence-corrected chi connectivity index (χ4v) is 2.44. The Morgan fingerprint density at radius 3 is 2.80 bits per heavy atom. The normalized spacial score (nSPS) is 18.4. The summed E-state index contributed by atoms with van der Waals surface area (Å²) in [7, 11) is 0. The van der Waals surface area contributed by atoms with Crippen LogP contribution < -0.4 is 4.74 Å². The molecule has 0 fully saturated rings. The van der Waals surface area contributed by atoms with Gasteiger partial charge >= 0.3 is 5.97 Å². The molecule has 1 aliphatic heterocycles. The number of carboxylic acids is 1. The van der Waals surface area contributed by atoms with E-state index < -0.39 is 5.97 Å². The molecule has 0 amide bonds. The summed E-state index contributed by atoms with van der Waals surface area (Å²) in [4.78, 5) is 12.9. The van der Waals surface area contributed by atoms with Crippen molar-refractivity contribution in [2.75, 3.05) is 13.2 Å². The van der Waals surface area contributed by atoms with Crippen LogP contribution in [-0.2, 0) is 11.3 Å². The quantitative estimate of drug-likeness (QED) is 0.777. The van der Waals surface area contributed by atoms with Crippen molar-refractivity contribution in [3.8, 4) is 5.75 Å². The molecular formula is C16H21NO3. The molecule has 2 rings (SSSR count). The van der Waals surface area contributed by atoms with Crippen molar-refractivity contribution in [3.63, 3.8) is 0 Å². The molecule has 0 aliphatic carbocycles. The highest BCUT2D eigenvalue weighted by Gasteiger charge is 2.18. The number of aliphatic carboxylic acids is 1. The Bertz CT molecular complexity index is 467. The summed E-state index contributed by atoms with van der Waals surface area (Å²) in [6.45, 7) is 3.83. The van der Waals surface area contributed by atoms with Crippen molar-refractivity contribution in [2.45, 2.75) is 32.4 Å². The molecule has 1 atom stereocenters.